The van der Waals surface area contributed by atoms with Gasteiger partial charge in [-0.1, -0.05) is 20.3 Å². The second-order valence-corrected chi connectivity index (χ2v) is 4.81. The topological polar surface area (TPSA) is 37.8 Å². The third-order valence-corrected chi connectivity index (χ3v) is 3.32. The molecule has 0 saturated heterocycles. The van der Waals surface area contributed by atoms with Crippen molar-refractivity contribution >= 4 is 11.3 Å². The molecule has 1 unspecified atom stereocenters. The number of hydrogen-bond acceptors (Lipinski definition) is 4. The van der Waals surface area contributed by atoms with Crippen molar-refractivity contribution in [3.63, 3.8) is 0 Å². The fourth-order valence-corrected chi connectivity index (χ4v) is 2.15. The highest BCUT2D eigenvalue weighted by Gasteiger charge is 2.07. The lowest BCUT2D eigenvalue weighted by Crippen LogP contribution is -2.09. The maximum atomic E-state index is 4.20. The van der Waals surface area contributed by atoms with Crippen LogP contribution in [0.25, 0.3) is 0 Å². The minimum Gasteiger partial charge on any atom is -0.319 e. The Morgan fingerprint density at radius 3 is 2.71 bits per heavy atom. The van der Waals surface area contributed by atoms with Crippen LogP contribution in [0, 0.1) is 5.92 Å². The van der Waals surface area contributed by atoms with Crippen molar-refractivity contribution in [3.8, 4) is 0 Å². The molecule has 80 valence electrons. The van der Waals surface area contributed by atoms with Gasteiger partial charge in [0.15, 0.2) is 0 Å². The Kier molecular flexibility index (Phi) is 5.04. The van der Waals surface area contributed by atoms with Gasteiger partial charge in [0.05, 0.1) is 0 Å². The fourth-order valence-electron chi connectivity index (χ4n) is 1.15. The van der Waals surface area contributed by atoms with Gasteiger partial charge in [-0.25, -0.2) is 0 Å². The number of rotatable bonds is 6. The molecule has 1 aromatic rings. The van der Waals surface area contributed by atoms with E-state index >= 15 is 0 Å². The van der Waals surface area contributed by atoms with Gasteiger partial charge >= 0.3 is 0 Å². The van der Waals surface area contributed by atoms with Crippen LogP contribution >= 0.6 is 11.3 Å². The summed E-state index contributed by atoms with van der Waals surface area (Å²) in [5.74, 6) is 0.722. The summed E-state index contributed by atoms with van der Waals surface area (Å²) >= 11 is 1.75. The van der Waals surface area contributed by atoms with Crippen molar-refractivity contribution in [2.24, 2.45) is 5.92 Å². The SMILES string of the molecule is CCC(C)Cc1nnc(CCNC)s1. The van der Waals surface area contributed by atoms with Crippen LogP contribution in [0.2, 0.25) is 0 Å². The minimum absolute atomic E-state index is 0.722. The van der Waals surface area contributed by atoms with Crippen molar-refractivity contribution in [2.75, 3.05) is 13.6 Å². The van der Waals surface area contributed by atoms with Crippen molar-refractivity contribution in [3.05, 3.63) is 10.0 Å². The van der Waals surface area contributed by atoms with Crippen LogP contribution in [0.15, 0.2) is 0 Å². The first kappa shape index (κ1) is 11.6. The Balaban J connectivity index is 2.42. The average Bonchev–Trinajstić information content (AvgIpc) is 2.62. The van der Waals surface area contributed by atoms with Crippen molar-refractivity contribution in [2.45, 2.75) is 33.1 Å². The molecule has 4 heteroatoms. The molecule has 0 spiro atoms. The zero-order valence-corrected chi connectivity index (χ0v) is 10.0. The van der Waals surface area contributed by atoms with E-state index in [4.69, 9.17) is 0 Å². The van der Waals surface area contributed by atoms with Gasteiger partial charge in [-0.3, -0.25) is 0 Å². The zero-order valence-electron chi connectivity index (χ0n) is 9.21. The third-order valence-electron chi connectivity index (χ3n) is 2.32. The molecule has 0 amide bonds. The monoisotopic (exact) mass is 213 g/mol. The highest BCUT2D eigenvalue weighted by Crippen LogP contribution is 2.16. The molecular formula is C10H19N3S. The number of nitrogens with one attached hydrogen (secondary N) is 1. The molecule has 1 N–H and O–H groups in total. The smallest absolute Gasteiger partial charge is 0.118 e. The Morgan fingerprint density at radius 1 is 1.36 bits per heavy atom. The Hall–Kier alpha value is -0.480. The Bertz CT molecular complexity index is 260. The van der Waals surface area contributed by atoms with E-state index in [9.17, 15) is 0 Å². The molecule has 0 fully saturated rings. The lowest BCUT2D eigenvalue weighted by atomic mass is 10.1. The average molecular weight is 213 g/mol. The van der Waals surface area contributed by atoms with E-state index in [2.05, 4.69) is 29.4 Å². The predicted molar refractivity (Wildman–Crippen MR) is 60.7 cm³/mol. The van der Waals surface area contributed by atoms with E-state index in [0.717, 1.165) is 30.3 Å². The lowest BCUT2D eigenvalue weighted by molar-refractivity contribution is 0.556. The van der Waals surface area contributed by atoms with Crippen LogP contribution in [-0.4, -0.2) is 23.8 Å². The molecule has 0 radical (unpaired) electrons. The van der Waals surface area contributed by atoms with E-state index in [-0.39, 0.29) is 0 Å². The zero-order chi connectivity index (χ0) is 10.4. The van der Waals surface area contributed by atoms with Gasteiger partial charge in [0, 0.05) is 19.4 Å². The molecule has 1 aromatic heterocycles. The summed E-state index contributed by atoms with van der Waals surface area (Å²) < 4.78 is 0. The highest BCUT2D eigenvalue weighted by atomic mass is 32.1. The molecule has 0 aliphatic rings. The molecule has 0 aromatic carbocycles. The second kappa shape index (κ2) is 6.09. The van der Waals surface area contributed by atoms with Crippen LogP contribution < -0.4 is 5.32 Å². The molecule has 1 rings (SSSR count). The van der Waals surface area contributed by atoms with E-state index in [0.29, 0.717) is 0 Å². The van der Waals surface area contributed by atoms with E-state index in [1.165, 1.54) is 11.4 Å². The summed E-state index contributed by atoms with van der Waals surface area (Å²) in [6, 6.07) is 0. The molecule has 0 bridgehead atoms. The summed E-state index contributed by atoms with van der Waals surface area (Å²) in [5, 5.41) is 13.8. The second-order valence-electron chi connectivity index (χ2n) is 3.66. The molecule has 0 aliphatic carbocycles. The van der Waals surface area contributed by atoms with E-state index < -0.39 is 0 Å². The predicted octanol–water partition coefficient (Wildman–Crippen LogP) is 1.89. The largest absolute Gasteiger partial charge is 0.319 e. The molecule has 3 nitrogen and oxygen atoms in total. The first-order chi connectivity index (χ1) is 6.76. The molecule has 0 saturated carbocycles. The molecular weight excluding hydrogens is 194 g/mol. The van der Waals surface area contributed by atoms with Gasteiger partial charge in [0.25, 0.3) is 0 Å². The summed E-state index contributed by atoms with van der Waals surface area (Å²) in [7, 11) is 1.96. The molecule has 0 aliphatic heterocycles. The van der Waals surface area contributed by atoms with Crippen LogP contribution in [0.5, 0.6) is 0 Å². The quantitative estimate of drug-likeness (QED) is 0.784. The standard InChI is InChI=1S/C10H19N3S/c1-4-8(2)7-10-13-12-9(14-10)5-6-11-3/h8,11H,4-7H2,1-3H3. The summed E-state index contributed by atoms with van der Waals surface area (Å²) in [6.07, 6.45) is 3.29. The maximum Gasteiger partial charge on any atom is 0.118 e. The summed E-state index contributed by atoms with van der Waals surface area (Å²) in [5.41, 5.74) is 0. The van der Waals surface area contributed by atoms with Gasteiger partial charge in [0.1, 0.15) is 10.0 Å². The Labute approximate surface area is 89.9 Å². The number of likely N-dealkylation sites (N-methyl/N-ethyl adjacent to an activating group) is 1. The van der Waals surface area contributed by atoms with Crippen LogP contribution in [-0.2, 0) is 12.8 Å². The summed E-state index contributed by atoms with van der Waals surface area (Å²) in [6.45, 7) is 5.46. The van der Waals surface area contributed by atoms with Gasteiger partial charge in [0.2, 0.25) is 0 Å². The number of hydrogen-bond donors (Lipinski definition) is 1. The maximum absolute atomic E-state index is 4.20. The van der Waals surface area contributed by atoms with Gasteiger partial charge in [-0.05, 0) is 13.0 Å². The normalized spacial score (nSPS) is 13.1. The Morgan fingerprint density at radius 2 is 2.07 bits per heavy atom. The van der Waals surface area contributed by atoms with Crippen molar-refractivity contribution in [1.82, 2.24) is 15.5 Å². The van der Waals surface area contributed by atoms with E-state index in [1.54, 1.807) is 11.3 Å². The molecule has 1 heterocycles. The van der Waals surface area contributed by atoms with Crippen LogP contribution in [0.1, 0.15) is 30.3 Å². The molecule has 14 heavy (non-hydrogen) atoms. The molecule has 1 atom stereocenters. The number of aromatic nitrogens is 2. The summed E-state index contributed by atoms with van der Waals surface area (Å²) in [4.78, 5) is 0. The van der Waals surface area contributed by atoms with Crippen LogP contribution in [0.4, 0.5) is 0 Å². The van der Waals surface area contributed by atoms with E-state index in [1.807, 2.05) is 7.05 Å². The third kappa shape index (κ3) is 3.72. The van der Waals surface area contributed by atoms with Crippen molar-refractivity contribution < 1.29 is 0 Å². The van der Waals surface area contributed by atoms with Crippen LogP contribution in [0.3, 0.4) is 0 Å². The minimum atomic E-state index is 0.722. The first-order valence-corrected chi connectivity index (χ1v) is 6.03. The number of nitrogens with zero attached hydrogens (tertiary/aromatic N) is 2. The van der Waals surface area contributed by atoms with Gasteiger partial charge < -0.3 is 5.32 Å². The lowest BCUT2D eigenvalue weighted by Gasteiger charge is -2.02. The van der Waals surface area contributed by atoms with Gasteiger partial charge in [-0.2, -0.15) is 0 Å². The highest BCUT2D eigenvalue weighted by molar-refractivity contribution is 7.11. The fraction of sp³-hybridized carbons (Fsp3) is 0.800. The van der Waals surface area contributed by atoms with Gasteiger partial charge in [-0.15, -0.1) is 21.5 Å². The first-order valence-electron chi connectivity index (χ1n) is 5.22. The van der Waals surface area contributed by atoms with Crippen molar-refractivity contribution in [1.29, 1.82) is 0 Å².